The lowest BCUT2D eigenvalue weighted by Gasteiger charge is -2.41. The molecule has 20 heavy (non-hydrogen) atoms. The molecule has 1 aliphatic carbocycles. The van der Waals surface area contributed by atoms with Crippen LogP contribution in [0.3, 0.4) is 0 Å². The Labute approximate surface area is 124 Å². The molecule has 1 fully saturated rings. The first-order valence-corrected chi connectivity index (χ1v) is 10.2. The molecule has 0 aromatic rings. The normalized spacial score (nSPS) is 24.5. The van der Waals surface area contributed by atoms with E-state index < -0.39 is 14.2 Å². The van der Waals surface area contributed by atoms with Crippen molar-refractivity contribution in [2.75, 3.05) is 0 Å². The maximum absolute atomic E-state index is 12.2. The summed E-state index contributed by atoms with van der Waals surface area (Å²) in [6, 6.07) is 2.14. The van der Waals surface area contributed by atoms with Gasteiger partial charge >= 0.3 is 0 Å². The van der Waals surface area contributed by atoms with Crippen molar-refractivity contribution >= 4 is 14.1 Å². The summed E-state index contributed by atoms with van der Waals surface area (Å²) in [5, 5.41) is 9.34. The minimum Gasteiger partial charge on any atom is -0.414 e. The van der Waals surface area contributed by atoms with Crippen LogP contribution in [-0.4, -0.2) is 20.2 Å². The number of nitrogens with zero attached hydrogens (tertiary/aromatic N) is 1. The Balaban J connectivity index is 2.97. The van der Waals surface area contributed by atoms with E-state index in [9.17, 15) is 10.1 Å². The van der Waals surface area contributed by atoms with Gasteiger partial charge in [0.05, 0.1) is 12.2 Å². The second-order valence-electron chi connectivity index (χ2n) is 7.46. The fraction of sp³-hybridized carbons (Fsp3) is 0.750. The molecule has 0 spiro atoms. The molecule has 0 N–H and O–H groups in total. The van der Waals surface area contributed by atoms with Crippen LogP contribution in [-0.2, 0) is 9.22 Å². The van der Waals surface area contributed by atoms with Gasteiger partial charge in [-0.05, 0) is 44.0 Å². The maximum Gasteiger partial charge on any atom is 0.192 e. The van der Waals surface area contributed by atoms with E-state index in [4.69, 9.17) is 4.43 Å². The van der Waals surface area contributed by atoms with E-state index in [1.165, 1.54) is 0 Å². The molecule has 3 nitrogen and oxygen atoms in total. The van der Waals surface area contributed by atoms with Gasteiger partial charge in [-0.25, -0.2) is 0 Å². The molecular formula is C16H27NO2Si. The van der Waals surface area contributed by atoms with Gasteiger partial charge in [0.15, 0.2) is 14.1 Å². The van der Waals surface area contributed by atoms with Crippen molar-refractivity contribution < 1.29 is 9.22 Å². The number of carbonyl (C=O) groups is 1. The Kier molecular flexibility index (Phi) is 4.99. The van der Waals surface area contributed by atoms with Crippen LogP contribution in [0.2, 0.25) is 18.1 Å². The van der Waals surface area contributed by atoms with Crippen LogP contribution in [0.25, 0.3) is 0 Å². The molecule has 2 atom stereocenters. The molecule has 0 radical (unpaired) electrons. The third-order valence-corrected chi connectivity index (χ3v) is 9.11. The molecule has 4 heteroatoms. The summed E-state index contributed by atoms with van der Waals surface area (Å²) in [4.78, 5) is 12.2. The van der Waals surface area contributed by atoms with Crippen LogP contribution in [0.5, 0.6) is 0 Å². The van der Waals surface area contributed by atoms with Crippen LogP contribution in [0.15, 0.2) is 11.1 Å². The van der Waals surface area contributed by atoms with E-state index in [1.54, 1.807) is 0 Å². The van der Waals surface area contributed by atoms with Crippen molar-refractivity contribution in [2.24, 2.45) is 5.92 Å². The molecule has 0 aliphatic heterocycles. The second kappa shape index (κ2) is 5.83. The summed E-state index contributed by atoms with van der Waals surface area (Å²) in [6.07, 6.45) is 1.20. The molecule has 112 valence electrons. The van der Waals surface area contributed by atoms with Gasteiger partial charge in [-0.1, -0.05) is 26.3 Å². The lowest BCUT2D eigenvalue weighted by Crippen LogP contribution is -2.46. The maximum atomic E-state index is 12.2. The van der Waals surface area contributed by atoms with E-state index in [0.29, 0.717) is 12.8 Å². The molecule has 1 rings (SSSR count). The van der Waals surface area contributed by atoms with Gasteiger partial charge in [0, 0.05) is 6.42 Å². The van der Waals surface area contributed by atoms with Crippen molar-refractivity contribution in [2.45, 2.75) is 71.7 Å². The van der Waals surface area contributed by atoms with Crippen molar-refractivity contribution in [3.05, 3.63) is 11.1 Å². The highest BCUT2D eigenvalue weighted by atomic mass is 28.4. The first kappa shape index (κ1) is 17.1. The second-order valence-corrected chi connectivity index (χ2v) is 12.2. The smallest absolute Gasteiger partial charge is 0.192 e. The molecule has 2 unspecified atom stereocenters. The van der Waals surface area contributed by atoms with Gasteiger partial charge in [0.25, 0.3) is 0 Å². The van der Waals surface area contributed by atoms with Crippen molar-refractivity contribution in [3.8, 4) is 6.07 Å². The molecule has 0 heterocycles. The Morgan fingerprint density at radius 3 is 2.30 bits per heavy atom. The fourth-order valence-electron chi connectivity index (χ4n) is 2.24. The van der Waals surface area contributed by atoms with Gasteiger partial charge in [0.1, 0.15) is 5.92 Å². The zero-order valence-electron chi connectivity index (χ0n) is 13.8. The number of hydrogen-bond acceptors (Lipinski definition) is 3. The third-order valence-electron chi connectivity index (χ3n) is 4.57. The summed E-state index contributed by atoms with van der Waals surface area (Å²) in [5.74, 6) is -0.536. The van der Waals surface area contributed by atoms with Crippen LogP contribution in [0, 0.1) is 17.2 Å². The van der Waals surface area contributed by atoms with Gasteiger partial charge in [0.2, 0.25) is 0 Å². The van der Waals surface area contributed by atoms with Gasteiger partial charge in [-0.3, -0.25) is 4.79 Å². The molecule has 0 aromatic carbocycles. The predicted molar refractivity (Wildman–Crippen MR) is 83.8 cm³/mol. The molecule has 0 amide bonds. The van der Waals surface area contributed by atoms with Gasteiger partial charge in [-0.15, -0.1) is 0 Å². The number of allylic oxidation sites excluding steroid dienone is 1. The van der Waals surface area contributed by atoms with Crippen LogP contribution in [0.4, 0.5) is 0 Å². The van der Waals surface area contributed by atoms with Crippen molar-refractivity contribution in [1.82, 2.24) is 0 Å². The number of ketones is 1. The largest absolute Gasteiger partial charge is 0.414 e. The van der Waals surface area contributed by atoms with Crippen LogP contribution >= 0.6 is 0 Å². The van der Waals surface area contributed by atoms with Gasteiger partial charge in [-0.2, -0.15) is 5.26 Å². The molecule has 0 aromatic heterocycles. The van der Waals surface area contributed by atoms with E-state index >= 15 is 0 Å². The number of nitriles is 1. The highest BCUT2D eigenvalue weighted by Gasteiger charge is 2.42. The molecule has 0 bridgehead atoms. The topological polar surface area (TPSA) is 50.1 Å². The molecule has 0 saturated heterocycles. The Morgan fingerprint density at radius 1 is 1.35 bits per heavy atom. The SMILES string of the molecule is CC(C)=C1CC(O[Si](C)(C)C(C)(C)C)CC(C#N)C1=O. The first-order chi connectivity index (χ1) is 8.99. The predicted octanol–water partition coefficient (Wildman–Crippen LogP) is 4.22. The number of Topliss-reactive ketones (excluding diaryl/α,β-unsaturated/α-hetero) is 1. The summed E-state index contributed by atoms with van der Waals surface area (Å²) < 4.78 is 6.41. The van der Waals surface area contributed by atoms with Crippen molar-refractivity contribution in [3.63, 3.8) is 0 Å². The molecule has 1 saturated carbocycles. The highest BCUT2D eigenvalue weighted by Crippen LogP contribution is 2.40. The zero-order valence-corrected chi connectivity index (χ0v) is 14.8. The number of carbonyl (C=O) groups excluding carboxylic acids is 1. The Bertz CT molecular complexity index is 462. The lowest BCUT2D eigenvalue weighted by atomic mass is 9.81. The van der Waals surface area contributed by atoms with Gasteiger partial charge < -0.3 is 4.43 Å². The fourth-order valence-corrected chi connectivity index (χ4v) is 3.60. The Hall–Kier alpha value is -0.923. The summed E-state index contributed by atoms with van der Waals surface area (Å²) in [5.41, 5.74) is 1.81. The minimum atomic E-state index is -1.86. The minimum absolute atomic E-state index is 0.00239. The summed E-state index contributed by atoms with van der Waals surface area (Å²) >= 11 is 0. The standard InChI is InChI=1S/C16H27NO2Si/c1-11(2)14-9-13(8-12(10-17)15(14)18)19-20(6,7)16(3,4)5/h12-13H,8-9H2,1-7H3. The monoisotopic (exact) mass is 293 g/mol. The number of hydrogen-bond donors (Lipinski definition) is 0. The Morgan fingerprint density at radius 2 is 1.90 bits per heavy atom. The highest BCUT2D eigenvalue weighted by molar-refractivity contribution is 6.74. The molecular weight excluding hydrogens is 266 g/mol. The quantitative estimate of drug-likeness (QED) is 0.566. The summed E-state index contributed by atoms with van der Waals surface area (Å²) in [6.45, 7) is 14.9. The van der Waals surface area contributed by atoms with E-state index in [-0.39, 0.29) is 16.9 Å². The van der Waals surface area contributed by atoms with E-state index in [1.807, 2.05) is 13.8 Å². The first-order valence-electron chi connectivity index (χ1n) is 7.27. The zero-order chi connectivity index (χ0) is 15.7. The van der Waals surface area contributed by atoms with E-state index in [2.05, 4.69) is 39.9 Å². The van der Waals surface area contributed by atoms with Crippen LogP contribution in [0.1, 0.15) is 47.5 Å². The average molecular weight is 293 g/mol. The summed E-state index contributed by atoms with van der Waals surface area (Å²) in [7, 11) is -1.86. The lowest BCUT2D eigenvalue weighted by molar-refractivity contribution is -0.120. The molecule has 1 aliphatic rings. The van der Waals surface area contributed by atoms with Crippen molar-refractivity contribution in [1.29, 1.82) is 5.26 Å². The van der Waals surface area contributed by atoms with Crippen LogP contribution < -0.4 is 0 Å². The average Bonchev–Trinajstić information content (AvgIpc) is 2.28. The third kappa shape index (κ3) is 3.59. The van der Waals surface area contributed by atoms with E-state index in [0.717, 1.165) is 11.1 Å². The number of rotatable bonds is 2.